The molecule has 0 bridgehead atoms. The smallest absolute Gasteiger partial charge is 0.262 e. The van der Waals surface area contributed by atoms with E-state index in [0.717, 1.165) is 17.7 Å². The predicted octanol–water partition coefficient (Wildman–Crippen LogP) is 1.32. The van der Waals surface area contributed by atoms with E-state index in [1.807, 2.05) is 17.5 Å². The molecule has 84 valence electrons. The number of amides is 2. The number of thiophene rings is 1. The third kappa shape index (κ3) is 3.20. The molecule has 1 heterocycles. The molecule has 5 heteroatoms. The van der Waals surface area contributed by atoms with Crippen LogP contribution in [-0.2, 0) is 9.59 Å². The van der Waals surface area contributed by atoms with E-state index in [1.54, 1.807) is 17.4 Å². The van der Waals surface area contributed by atoms with Crippen LogP contribution in [0.5, 0.6) is 0 Å². The highest BCUT2D eigenvalue weighted by Crippen LogP contribution is 2.28. The second-order valence-corrected chi connectivity index (χ2v) is 4.58. The van der Waals surface area contributed by atoms with E-state index in [2.05, 4.69) is 10.9 Å². The number of carbonyl (C=O) groups is 2. The molecular weight excluding hydrogens is 224 g/mol. The van der Waals surface area contributed by atoms with Gasteiger partial charge in [0, 0.05) is 16.9 Å². The zero-order chi connectivity index (χ0) is 11.4. The van der Waals surface area contributed by atoms with Crippen LogP contribution in [0.3, 0.4) is 0 Å². The molecule has 0 spiro atoms. The van der Waals surface area contributed by atoms with Gasteiger partial charge in [0.15, 0.2) is 0 Å². The maximum Gasteiger partial charge on any atom is 0.262 e. The molecule has 1 saturated carbocycles. The first-order chi connectivity index (χ1) is 7.75. The van der Waals surface area contributed by atoms with E-state index >= 15 is 0 Å². The van der Waals surface area contributed by atoms with Gasteiger partial charge in [-0.25, -0.2) is 0 Å². The van der Waals surface area contributed by atoms with Crippen LogP contribution in [0.4, 0.5) is 0 Å². The van der Waals surface area contributed by atoms with Crippen LogP contribution in [-0.4, -0.2) is 11.8 Å². The van der Waals surface area contributed by atoms with Gasteiger partial charge in [-0.05, 0) is 30.4 Å². The number of hydrogen-bond donors (Lipinski definition) is 2. The lowest BCUT2D eigenvalue weighted by molar-refractivity contribution is -0.127. The minimum absolute atomic E-state index is 0.0987. The quantitative estimate of drug-likeness (QED) is 0.614. The Kier molecular flexibility index (Phi) is 3.36. The molecule has 1 aromatic rings. The Morgan fingerprint density at radius 3 is 2.81 bits per heavy atom. The number of hydrogen-bond acceptors (Lipinski definition) is 3. The van der Waals surface area contributed by atoms with Crippen molar-refractivity contribution in [3.63, 3.8) is 0 Å². The lowest BCUT2D eigenvalue weighted by atomic mass is 10.4. The number of carbonyl (C=O) groups excluding carboxylic acids is 2. The van der Waals surface area contributed by atoms with Crippen molar-refractivity contribution in [3.8, 4) is 0 Å². The van der Waals surface area contributed by atoms with Crippen LogP contribution >= 0.6 is 11.3 Å². The fraction of sp³-hybridized carbons (Fsp3) is 0.273. The van der Waals surface area contributed by atoms with E-state index in [-0.39, 0.29) is 17.7 Å². The van der Waals surface area contributed by atoms with Crippen molar-refractivity contribution in [2.45, 2.75) is 12.8 Å². The Bertz CT molecular complexity index is 408. The highest BCUT2D eigenvalue weighted by molar-refractivity contribution is 7.10. The minimum atomic E-state index is -0.317. The van der Waals surface area contributed by atoms with Crippen LogP contribution in [0, 0.1) is 5.92 Å². The van der Waals surface area contributed by atoms with Crippen LogP contribution in [0.25, 0.3) is 6.08 Å². The second kappa shape index (κ2) is 4.94. The maximum atomic E-state index is 11.3. The summed E-state index contributed by atoms with van der Waals surface area (Å²) in [7, 11) is 0. The molecule has 0 atom stereocenters. The molecular formula is C11H12N2O2S. The van der Waals surface area contributed by atoms with Gasteiger partial charge in [-0.15, -0.1) is 11.3 Å². The third-order valence-corrected chi connectivity index (χ3v) is 3.04. The molecule has 2 N–H and O–H groups in total. The van der Waals surface area contributed by atoms with E-state index in [0.29, 0.717) is 0 Å². The van der Waals surface area contributed by atoms with Gasteiger partial charge >= 0.3 is 0 Å². The first-order valence-electron chi connectivity index (χ1n) is 5.07. The Morgan fingerprint density at radius 1 is 1.38 bits per heavy atom. The first-order valence-corrected chi connectivity index (χ1v) is 5.95. The van der Waals surface area contributed by atoms with Crippen molar-refractivity contribution in [2.75, 3.05) is 0 Å². The van der Waals surface area contributed by atoms with Crippen molar-refractivity contribution in [3.05, 3.63) is 28.5 Å². The summed E-state index contributed by atoms with van der Waals surface area (Å²) < 4.78 is 0. The van der Waals surface area contributed by atoms with Crippen molar-refractivity contribution in [2.24, 2.45) is 5.92 Å². The summed E-state index contributed by atoms with van der Waals surface area (Å²) in [5.41, 5.74) is 4.73. The minimum Gasteiger partial charge on any atom is -0.273 e. The Balaban J connectivity index is 1.73. The van der Waals surface area contributed by atoms with Gasteiger partial charge in [-0.2, -0.15) is 0 Å². The molecule has 0 radical (unpaired) electrons. The molecule has 16 heavy (non-hydrogen) atoms. The molecule has 4 nitrogen and oxygen atoms in total. The maximum absolute atomic E-state index is 11.3. The lowest BCUT2D eigenvalue weighted by Crippen LogP contribution is -2.41. The highest BCUT2D eigenvalue weighted by atomic mass is 32.1. The van der Waals surface area contributed by atoms with Crippen molar-refractivity contribution in [1.29, 1.82) is 0 Å². The zero-order valence-corrected chi connectivity index (χ0v) is 9.42. The molecule has 2 amide bonds. The summed E-state index contributed by atoms with van der Waals surface area (Å²) in [6.07, 6.45) is 4.96. The molecule has 0 saturated heterocycles. The third-order valence-electron chi connectivity index (χ3n) is 2.20. The number of hydrazine groups is 1. The summed E-state index contributed by atoms with van der Waals surface area (Å²) in [4.78, 5) is 23.5. The van der Waals surface area contributed by atoms with Crippen LogP contribution in [0.1, 0.15) is 17.7 Å². The van der Waals surface area contributed by atoms with Gasteiger partial charge < -0.3 is 0 Å². The fourth-order valence-corrected chi connectivity index (χ4v) is 1.77. The van der Waals surface area contributed by atoms with Crippen molar-refractivity contribution >= 4 is 29.2 Å². The topological polar surface area (TPSA) is 58.2 Å². The fourth-order valence-electron chi connectivity index (χ4n) is 1.16. The average Bonchev–Trinajstić information content (AvgIpc) is 3.01. The molecule has 1 aromatic heterocycles. The van der Waals surface area contributed by atoms with Crippen molar-refractivity contribution in [1.82, 2.24) is 10.9 Å². The summed E-state index contributed by atoms with van der Waals surface area (Å²) in [5, 5.41) is 1.94. The van der Waals surface area contributed by atoms with Gasteiger partial charge in [0.1, 0.15) is 0 Å². The number of rotatable bonds is 3. The largest absolute Gasteiger partial charge is 0.273 e. The molecule has 1 aliphatic carbocycles. The normalized spacial score (nSPS) is 15.0. The van der Waals surface area contributed by atoms with Crippen LogP contribution in [0.2, 0.25) is 0 Å². The SMILES string of the molecule is O=C(/C=C/c1cccs1)NNC(=O)C1CC1. The lowest BCUT2D eigenvalue weighted by Gasteiger charge is -2.02. The standard InChI is InChI=1S/C11H12N2O2S/c14-10(6-5-9-2-1-7-16-9)12-13-11(15)8-3-4-8/h1-2,5-8H,3-4H2,(H,12,14)(H,13,15)/b6-5+. The number of nitrogens with one attached hydrogen (secondary N) is 2. The predicted molar refractivity (Wildman–Crippen MR) is 62.4 cm³/mol. The van der Waals surface area contributed by atoms with Crippen LogP contribution < -0.4 is 10.9 Å². The Labute approximate surface area is 97.3 Å². The molecule has 0 aliphatic heterocycles. The van der Waals surface area contributed by atoms with Crippen LogP contribution in [0.15, 0.2) is 23.6 Å². The summed E-state index contributed by atoms with van der Waals surface area (Å²) in [6.45, 7) is 0. The first kappa shape index (κ1) is 10.9. The molecule has 1 aliphatic rings. The Morgan fingerprint density at radius 2 is 2.19 bits per heavy atom. The average molecular weight is 236 g/mol. The highest BCUT2D eigenvalue weighted by Gasteiger charge is 2.29. The van der Waals surface area contributed by atoms with Gasteiger partial charge in [0.2, 0.25) is 5.91 Å². The summed E-state index contributed by atoms with van der Waals surface area (Å²) in [6, 6.07) is 3.83. The molecule has 0 aromatic carbocycles. The van der Waals surface area contributed by atoms with E-state index in [1.165, 1.54) is 6.08 Å². The molecule has 1 fully saturated rings. The Hall–Kier alpha value is -1.62. The van der Waals surface area contributed by atoms with E-state index < -0.39 is 0 Å². The van der Waals surface area contributed by atoms with E-state index in [4.69, 9.17) is 0 Å². The van der Waals surface area contributed by atoms with Gasteiger partial charge in [0.05, 0.1) is 0 Å². The van der Waals surface area contributed by atoms with Crippen molar-refractivity contribution < 1.29 is 9.59 Å². The second-order valence-electron chi connectivity index (χ2n) is 3.60. The summed E-state index contributed by atoms with van der Waals surface area (Å²) >= 11 is 1.55. The molecule has 2 rings (SSSR count). The van der Waals surface area contributed by atoms with Gasteiger partial charge in [0.25, 0.3) is 5.91 Å². The molecule has 0 unspecified atom stereocenters. The summed E-state index contributed by atoms with van der Waals surface area (Å²) in [5.74, 6) is -0.318. The van der Waals surface area contributed by atoms with Gasteiger partial charge in [-0.1, -0.05) is 6.07 Å². The monoisotopic (exact) mass is 236 g/mol. The zero-order valence-electron chi connectivity index (χ0n) is 8.60. The van der Waals surface area contributed by atoms with Gasteiger partial charge in [-0.3, -0.25) is 20.4 Å². The van der Waals surface area contributed by atoms with E-state index in [9.17, 15) is 9.59 Å².